The van der Waals surface area contributed by atoms with Gasteiger partial charge in [-0.25, -0.2) is 9.79 Å². The summed E-state index contributed by atoms with van der Waals surface area (Å²) >= 11 is 5.68. The van der Waals surface area contributed by atoms with Gasteiger partial charge in [-0.3, -0.25) is 0 Å². The Morgan fingerprint density at radius 3 is 2.85 bits per heavy atom. The number of ether oxygens (including phenoxy) is 3. The van der Waals surface area contributed by atoms with Crippen molar-refractivity contribution in [1.82, 2.24) is 0 Å². The topological polar surface area (TPSA) is 57.1 Å². The molecule has 0 fully saturated rings. The van der Waals surface area contributed by atoms with E-state index in [-0.39, 0.29) is 11.6 Å². The number of carbonyl (C=O) groups is 1. The molecule has 7 heteroatoms. The highest BCUT2D eigenvalue weighted by atomic mass is 127. The third kappa shape index (κ3) is 4.41. The first-order chi connectivity index (χ1) is 13.0. The normalized spacial score (nSPS) is 14.7. The summed E-state index contributed by atoms with van der Waals surface area (Å²) in [7, 11) is 1.56. The zero-order valence-electron chi connectivity index (χ0n) is 14.4. The van der Waals surface area contributed by atoms with Crippen LogP contribution in [-0.4, -0.2) is 25.6 Å². The number of rotatable bonds is 6. The Kier molecular flexibility index (Phi) is 6.33. The molecule has 1 heterocycles. The summed E-state index contributed by atoms with van der Waals surface area (Å²) in [5.74, 6) is 0.821. The molecular formula is C20H15BrINO4. The first-order valence-electron chi connectivity index (χ1n) is 7.92. The van der Waals surface area contributed by atoms with Crippen LogP contribution in [0, 0.1) is 3.57 Å². The van der Waals surface area contributed by atoms with Gasteiger partial charge in [-0.2, -0.15) is 0 Å². The number of halogens is 2. The minimum absolute atomic E-state index is 0.191. The average Bonchev–Trinajstić information content (AvgIpc) is 3.03. The van der Waals surface area contributed by atoms with E-state index in [4.69, 9.17) is 14.2 Å². The van der Waals surface area contributed by atoms with Gasteiger partial charge in [-0.15, -0.1) is 0 Å². The smallest absolute Gasteiger partial charge is 0.363 e. The molecule has 0 saturated carbocycles. The molecule has 0 amide bonds. The van der Waals surface area contributed by atoms with Crippen LogP contribution < -0.4 is 9.47 Å². The number of cyclic esters (lactones) is 1. The van der Waals surface area contributed by atoms with Crippen molar-refractivity contribution >= 4 is 56.5 Å². The number of nitrogens with zero attached hydrogens (tertiary/aromatic N) is 1. The van der Waals surface area contributed by atoms with Gasteiger partial charge >= 0.3 is 5.97 Å². The molecule has 27 heavy (non-hydrogen) atoms. The van der Waals surface area contributed by atoms with Crippen LogP contribution in [0.4, 0.5) is 0 Å². The van der Waals surface area contributed by atoms with Crippen molar-refractivity contribution in [2.45, 2.75) is 0 Å². The van der Waals surface area contributed by atoms with E-state index in [1.165, 1.54) is 0 Å². The van der Waals surface area contributed by atoms with Crippen molar-refractivity contribution < 1.29 is 19.0 Å². The Morgan fingerprint density at radius 2 is 2.15 bits per heavy atom. The van der Waals surface area contributed by atoms with Crippen LogP contribution in [0.25, 0.3) is 6.08 Å². The second kappa shape index (κ2) is 8.71. The average molecular weight is 540 g/mol. The predicted molar refractivity (Wildman–Crippen MR) is 116 cm³/mol. The molecule has 1 aliphatic rings. The Morgan fingerprint density at radius 1 is 1.33 bits per heavy atom. The van der Waals surface area contributed by atoms with Gasteiger partial charge in [0.1, 0.15) is 6.61 Å². The van der Waals surface area contributed by atoms with Gasteiger partial charge in [0.25, 0.3) is 0 Å². The van der Waals surface area contributed by atoms with Gasteiger partial charge < -0.3 is 14.2 Å². The zero-order chi connectivity index (χ0) is 19.4. The molecule has 0 atom stereocenters. The van der Waals surface area contributed by atoms with Crippen molar-refractivity contribution in [2.24, 2.45) is 4.99 Å². The van der Waals surface area contributed by atoms with Crippen molar-refractivity contribution in [2.75, 3.05) is 13.7 Å². The fraction of sp³-hybridized carbons (Fsp3) is 0.100. The molecule has 0 bridgehead atoms. The van der Waals surface area contributed by atoms with Gasteiger partial charge in [0.2, 0.25) is 5.90 Å². The monoisotopic (exact) mass is 539 g/mol. The lowest BCUT2D eigenvalue weighted by molar-refractivity contribution is -0.129. The molecule has 0 spiro atoms. The van der Waals surface area contributed by atoms with Crippen LogP contribution in [0.3, 0.4) is 0 Å². The summed E-state index contributed by atoms with van der Waals surface area (Å²) in [6, 6.07) is 11.0. The lowest BCUT2D eigenvalue weighted by atomic mass is 10.1. The fourth-order valence-electron chi connectivity index (χ4n) is 2.41. The number of hydrogen-bond donors (Lipinski definition) is 0. The van der Waals surface area contributed by atoms with Gasteiger partial charge in [0.15, 0.2) is 17.2 Å². The molecule has 3 rings (SSSR count). The molecule has 0 radical (unpaired) electrons. The zero-order valence-corrected chi connectivity index (χ0v) is 18.1. The number of carbonyl (C=O) groups excluding carboxylic acids is 1. The Labute approximate surface area is 179 Å². The maximum atomic E-state index is 12.3. The van der Waals surface area contributed by atoms with E-state index in [1.54, 1.807) is 25.3 Å². The lowest BCUT2D eigenvalue weighted by Crippen LogP contribution is -2.05. The maximum Gasteiger partial charge on any atom is 0.363 e. The fourth-order valence-corrected chi connectivity index (χ4v) is 3.13. The molecule has 0 saturated heterocycles. The third-order valence-corrected chi connectivity index (χ3v) is 5.99. The van der Waals surface area contributed by atoms with Crippen LogP contribution in [0.2, 0.25) is 0 Å². The van der Waals surface area contributed by atoms with Crippen molar-refractivity contribution in [3.8, 4) is 11.5 Å². The molecule has 0 N–H and O–H groups in total. The van der Waals surface area contributed by atoms with E-state index < -0.39 is 5.97 Å². The molecule has 2 aromatic carbocycles. The number of hydrogen-bond acceptors (Lipinski definition) is 5. The van der Waals surface area contributed by atoms with E-state index in [2.05, 4.69) is 50.1 Å². The number of methoxy groups -OCH3 is 1. The number of aliphatic imine (C=N–C) groups is 1. The molecule has 2 aromatic rings. The maximum absolute atomic E-state index is 12.3. The highest BCUT2D eigenvalue weighted by molar-refractivity contribution is 14.1. The van der Waals surface area contributed by atoms with Crippen LogP contribution in [-0.2, 0) is 9.53 Å². The van der Waals surface area contributed by atoms with Gasteiger partial charge in [0.05, 0.1) is 7.11 Å². The Balaban J connectivity index is 1.99. The van der Waals surface area contributed by atoms with Gasteiger partial charge in [-0.05, 0) is 68.9 Å². The van der Waals surface area contributed by atoms with Crippen LogP contribution in [0.5, 0.6) is 11.5 Å². The predicted octanol–water partition coefficient (Wildman–Crippen LogP) is 4.97. The van der Waals surface area contributed by atoms with E-state index >= 15 is 0 Å². The summed E-state index contributed by atoms with van der Waals surface area (Å²) in [6.45, 7) is 3.96. The van der Waals surface area contributed by atoms with E-state index in [0.29, 0.717) is 29.2 Å². The summed E-state index contributed by atoms with van der Waals surface area (Å²) in [4.78, 5) is 16.6. The molecule has 5 nitrogen and oxygen atoms in total. The molecule has 0 aromatic heterocycles. The largest absolute Gasteiger partial charge is 0.493 e. The summed E-state index contributed by atoms with van der Waals surface area (Å²) in [5.41, 5.74) is 1.57. The quantitative estimate of drug-likeness (QED) is 0.225. The SMILES string of the molecule is C=CCOc1c(/C=C2\N=C(c3ccc(I)c(Br)c3)OC2=O)cccc1OC. The summed E-state index contributed by atoms with van der Waals surface area (Å²) in [6.07, 6.45) is 3.26. The second-order valence-corrected chi connectivity index (χ2v) is 7.46. The first kappa shape index (κ1) is 19.6. The molecule has 0 unspecified atom stereocenters. The second-order valence-electron chi connectivity index (χ2n) is 5.44. The lowest BCUT2D eigenvalue weighted by Gasteiger charge is -2.12. The highest BCUT2D eigenvalue weighted by Gasteiger charge is 2.25. The van der Waals surface area contributed by atoms with Crippen molar-refractivity contribution in [3.63, 3.8) is 0 Å². The Bertz CT molecular complexity index is 968. The third-order valence-electron chi connectivity index (χ3n) is 3.65. The minimum Gasteiger partial charge on any atom is -0.493 e. The highest BCUT2D eigenvalue weighted by Crippen LogP contribution is 2.33. The van der Waals surface area contributed by atoms with Crippen molar-refractivity contribution in [3.05, 3.63) is 73.9 Å². The van der Waals surface area contributed by atoms with Gasteiger partial charge in [0, 0.05) is 19.2 Å². The summed E-state index contributed by atoms with van der Waals surface area (Å²) in [5, 5.41) is 0. The van der Waals surface area contributed by atoms with Crippen molar-refractivity contribution in [1.29, 1.82) is 0 Å². The number of esters is 1. The van der Waals surface area contributed by atoms with Crippen LogP contribution in [0.1, 0.15) is 11.1 Å². The van der Waals surface area contributed by atoms with E-state index in [9.17, 15) is 4.79 Å². The summed E-state index contributed by atoms with van der Waals surface area (Å²) < 4.78 is 18.3. The molecule has 138 valence electrons. The van der Waals surface area contributed by atoms with E-state index in [0.717, 1.165) is 8.04 Å². The standard InChI is InChI=1S/C20H15BrINO4/c1-3-9-26-18-12(5-4-6-17(18)25-2)11-16-20(24)27-19(23-16)13-7-8-15(22)14(21)10-13/h3-8,10-11H,1,9H2,2H3/b16-11-. The van der Waals surface area contributed by atoms with E-state index in [1.807, 2.05) is 30.3 Å². The number of para-hydroxylation sites is 1. The van der Waals surface area contributed by atoms with Gasteiger partial charge in [-0.1, -0.05) is 24.8 Å². The first-order valence-corrected chi connectivity index (χ1v) is 9.79. The molecule has 0 aliphatic carbocycles. The van der Waals surface area contributed by atoms with Crippen LogP contribution in [0.15, 0.2) is 64.2 Å². The molecular weight excluding hydrogens is 525 g/mol. The van der Waals surface area contributed by atoms with Crippen LogP contribution >= 0.6 is 38.5 Å². The minimum atomic E-state index is -0.517. The number of benzene rings is 2. The molecule has 1 aliphatic heterocycles. The Hall–Kier alpha value is -2.13.